The van der Waals surface area contributed by atoms with E-state index in [0.29, 0.717) is 0 Å². The summed E-state index contributed by atoms with van der Waals surface area (Å²) in [5.74, 6) is -2.91. The Morgan fingerprint density at radius 1 is 1.57 bits per heavy atom. The fraction of sp³-hybridized carbons (Fsp3) is 1.00. The van der Waals surface area contributed by atoms with Gasteiger partial charge in [0.15, 0.2) is 5.60 Å². The molecule has 1 aliphatic rings. The van der Waals surface area contributed by atoms with Crippen LogP contribution in [0.1, 0.15) is 13.3 Å². The number of hydrogen-bond donors (Lipinski definition) is 0. The van der Waals surface area contributed by atoms with Crippen molar-refractivity contribution in [2.75, 3.05) is 0 Å². The van der Waals surface area contributed by atoms with Crippen molar-refractivity contribution in [1.29, 1.82) is 0 Å². The van der Waals surface area contributed by atoms with Crippen LogP contribution >= 0.6 is 0 Å². The Hall–Kier alpha value is -0.180. The van der Waals surface area contributed by atoms with Gasteiger partial charge in [0.2, 0.25) is 0 Å². The Morgan fingerprint density at radius 2 is 1.71 bits per heavy atom. The first-order valence-electron chi connectivity index (χ1n) is 2.04. The smallest absolute Gasteiger partial charge is 0.223 e. The second kappa shape index (κ2) is 0.823. The zero-order valence-corrected chi connectivity index (χ0v) is 3.87. The summed E-state index contributed by atoms with van der Waals surface area (Å²) in [6, 6.07) is 0. The van der Waals surface area contributed by atoms with E-state index in [1.54, 1.807) is 0 Å². The minimum Gasteiger partial charge on any atom is -0.223 e. The SMILES string of the molecule is CC1([O])CC1(F)F. The lowest BCUT2D eigenvalue weighted by Crippen LogP contribution is -2.09. The third-order valence-electron chi connectivity index (χ3n) is 1.21. The maximum Gasteiger partial charge on any atom is 0.282 e. The number of alkyl halides is 2. The monoisotopic (exact) mass is 107 g/mol. The van der Waals surface area contributed by atoms with Gasteiger partial charge in [-0.3, -0.25) is 0 Å². The van der Waals surface area contributed by atoms with Crippen molar-refractivity contribution in [2.45, 2.75) is 24.9 Å². The molecular weight excluding hydrogens is 102 g/mol. The minimum absolute atomic E-state index is 0.486. The highest BCUT2D eigenvalue weighted by atomic mass is 19.3. The first-order valence-corrected chi connectivity index (χ1v) is 2.04. The van der Waals surface area contributed by atoms with E-state index in [4.69, 9.17) is 0 Å². The molecule has 0 spiro atoms. The summed E-state index contributed by atoms with van der Waals surface area (Å²) >= 11 is 0. The van der Waals surface area contributed by atoms with Crippen LogP contribution in [0.4, 0.5) is 8.78 Å². The molecule has 1 nitrogen and oxygen atoms in total. The van der Waals surface area contributed by atoms with Crippen LogP contribution in [0.5, 0.6) is 0 Å². The molecule has 41 valence electrons. The molecule has 3 heteroatoms. The Morgan fingerprint density at radius 3 is 1.71 bits per heavy atom. The van der Waals surface area contributed by atoms with Gasteiger partial charge in [-0.25, -0.2) is 13.9 Å². The molecule has 0 N–H and O–H groups in total. The predicted octanol–water partition coefficient (Wildman–Crippen LogP) is 1.21. The predicted molar refractivity (Wildman–Crippen MR) is 18.7 cm³/mol. The molecule has 1 atom stereocenters. The van der Waals surface area contributed by atoms with Crippen molar-refractivity contribution in [2.24, 2.45) is 0 Å². The standard InChI is InChI=1S/C4H5F2O/c1-3(7)2-4(3,5)6/h2H2,1H3. The van der Waals surface area contributed by atoms with E-state index in [-0.39, 0.29) is 0 Å². The largest absolute Gasteiger partial charge is 0.282 e. The van der Waals surface area contributed by atoms with Gasteiger partial charge in [-0.1, -0.05) is 0 Å². The molecule has 0 aromatic rings. The van der Waals surface area contributed by atoms with Crippen LogP contribution < -0.4 is 0 Å². The van der Waals surface area contributed by atoms with E-state index < -0.39 is 17.9 Å². The third-order valence-corrected chi connectivity index (χ3v) is 1.21. The van der Waals surface area contributed by atoms with E-state index in [2.05, 4.69) is 0 Å². The van der Waals surface area contributed by atoms with Crippen molar-refractivity contribution in [3.8, 4) is 0 Å². The Balaban J connectivity index is 2.59. The molecule has 0 aromatic carbocycles. The second-order valence-corrected chi connectivity index (χ2v) is 2.11. The highest BCUT2D eigenvalue weighted by Crippen LogP contribution is 2.52. The molecule has 1 radical (unpaired) electrons. The average molecular weight is 107 g/mol. The zero-order chi connectivity index (χ0) is 5.71. The van der Waals surface area contributed by atoms with Crippen molar-refractivity contribution >= 4 is 0 Å². The summed E-state index contributed by atoms with van der Waals surface area (Å²) < 4.78 is 23.2. The summed E-state index contributed by atoms with van der Waals surface area (Å²) in [5, 5.41) is 10.1. The summed E-state index contributed by atoms with van der Waals surface area (Å²) in [6.07, 6.45) is -0.486. The highest BCUT2D eigenvalue weighted by Gasteiger charge is 2.69. The molecule has 1 aliphatic carbocycles. The Labute approximate surface area is 40.0 Å². The van der Waals surface area contributed by atoms with E-state index in [0.717, 1.165) is 6.92 Å². The summed E-state index contributed by atoms with van der Waals surface area (Å²) in [5.41, 5.74) is -1.94. The normalized spacial score (nSPS) is 46.3. The quantitative estimate of drug-likeness (QED) is 0.443. The molecule has 0 saturated heterocycles. The zero-order valence-electron chi connectivity index (χ0n) is 3.87. The first-order chi connectivity index (χ1) is 2.96. The number of halogens is 2. The van der Waals surface area contributed by atoms with Crippen LogP contribution in [0, 0.1) is 0 Å². The molecule has 0 aliphatic heterocycles. The van der Waals surface area contributed by atoms with Crippen LogP contribution in [0.25, 0.3) is 0 Å². The maximum absolute atomic E-state index is 11.6. The maximum atomic E-state index is 11.6. The molecule has 7 heavy (non-hydrogen) atoms. The lowest BCUT2D eigenvalue weighted by molar-refractivity contribution is -0.0341. The van der Waals surface area contributed by atoms with Crippen LogP contribution in [0.3, 0.4) is 0 Å². The van der Waals surface area contributed by atoms with Crippen LogP contribution in [-0.2, 0) is 5.11 Å². The van der Waals surface area contributed by atoms with E-state index in [1.807, 2.05) is 0 Å². The number of rotatable bonds is 0. The molecule has 0 aromatic heterocycles. The van der Waals surface area contributed by atoms with Gasteiger partial charge in [-0.05, 0) is 6.92 Å². The fourth-order valence-electron chi connectivity index (χ4n) is 0.379. The second-order valence-electron chi connectivity index (χ2n) is 2.11. The molecular formula is C4H5F2O. The molecule has 0 heterocycles. The van der Waals surface area contributed by atoms with Gasteiger partial charge in [0, 0.05) is 0 Å². The van der Waals surface area contributed by atoms with Gasteiger partial charge in [-0.2, -0.15) is 0 Å². The van der Waals surface area contributed by atoms with Crippen molar-refractivity contribution in [1.82, 2.24) is 0 Å². The lowest BCUT2D eigenvalue weighted by Gasteiger charge is -1.92. The van der Waals surface area contributed by atoms with Crippen LogP contribution in [0.15, 0.2) is 0 Å². The van der Waals surface area contributed by atoms with Crippen LogP contribution in [0.2, 0.25) is 0 Å². The Kier molecular flexibility index (Phi) is 0.584. The molecule has 1 saturated carbocycles. The lowest BCUT2D eigenvalue weighted by atomic mass is 10.4. The van der Waals surface area contributed by atoms with Crippen molar-refractivity contribution < 1.29 is 13.9 Å². The van der Waals surface area contributed by atoms with Gasteiger partial charge in [-0.15, -0.1) is 0 Å². The summed E-state index contributed by atoms with van der Waals surface area (Å²) in [4.78, 5) is 0. The first kappa shape index (κ1) is 4.97. The van der Waals surface area contributed by atoms with Gasteiger partial charge in [0.1, 0.15) is 0 Å². The van der Waals surface area contributed by atoms with Gasteiger partial charge >= 0.3 is 0 Å². The molecule has 1 unspecified atom stereocenters. The van der Waals surface area contributed by atoms with E-state index in [1.165, 1.54) is 0 Å². The summed E-state index contributed by atoms with van der Waals surface area (Å²) in [7, 11) is 0. The molecule has 0 amide bonds. The highest BCUT2D eigenvalue weighted by molar-refractivity contribution is 5.07. The van der Waals surface area contributed by atoms with E-state index in [9.17, 15) is 13.9 Å². The molecule has 1 fully saturated rings. The van der Waals surface area contributed by atoms with Gasteiger partial charge in [0.25, 0.3) is 5.92 Å². The third kappa shape index (κ3) is 0.517. The Bertz CT molecular complexity index is 85.9. The van der Waals surface area contributed by atoms with Crippen LogP contribution in [-0.4, -0.2) is 11.5 Å². The molecule has 1 rings (SSSR count). The van der Waals surface area contributed by atoms with E-state index >= 15 is 0 Å². The minimum atomic E-state index is -2.91. The fourth-order valence-corrected chi connectivity index (χ4v) is 0.379. The van der Waals surface area contributed by atoms with Gasteiger partial charge < -0.3 is 0 Å². The molecule has 0 bridgehead atoms. The summed E-state index contributed by atoms with van der Waals surface area (Å²) in [6.45, 7) is 1.02. The topological polar surface area (TPSA) is 19.9 Å². The van der Waals surface area contributed by atoms with Crippen molar-refractivity contribution in [3.05, 3.63) is 0 Å². The van der Waals surface area contributed by atoms with Gasteiger partial charge in [0.05, 0.1) is 6.42 Å². The number of hydrogen-bond acceptors (Lipinski definition) is 0. The van der Waals surface area contributed by atoms with Crippen molar-refractivity contribution in [3.63, 3.8) is 0 Å². The average Bonchev–Trinajstić information content (AvgIpc) is 1.63.